The zero-order chi connectivity index (χ0) is 16.2. The number of ketones is 1. The van der Waals surface area contributed by atoms with Crippen molar-refractivity contribution in [2.24, 2.45) is 0 Å². The van der Waals surface area contributed by atoms with Gasteiger partial charge in [-0.1, -0.05) is 60.1 Å². The summed E-state index contributed by atoms with van der Waals surface area (Å²) in [6.45, 7) is 0.280. The molecule has 1 saturated heterocycles. The second-order valence-corrected chi connectivity index (χ2v) is 5.66. The van der Waals surface area contributed by atoms with Crippen LogP contribution in [0.1, 0.15) is 23.3 Å². The molecule has 118 valence electrons. The molecular weight excluding hydrogens is 316 g/mol. The molecule has 5 heteroatoms. The van der Waals surface area contributed by atoms with E-state index in [1.165, 1.54) is 0 Å². The number of carbonyl (C=O) groups excluding carboxylic acids is 2. The molecule has 1 aliphatic heterocycles. The number of benzene rings is 2. The van der Waals surface area contributed by atoms with E-state index in [4.69, 9.17) is 21.1 Å². The number of Topliss-reactive ketones (excluding diaryl/α,β-unsaturated/α-hetero) is 1. The first-order valence-corrected chi connectivity index (χ1v) is 7.64. The van der Waals surface area contributed by atoms with Crippen LogP contribution in [0.15, 0.2) is 54.6 Å². The van der Waals surface area contributed by atoms with Gasteiger partial charge < -0.3 is 9.47 Å². The molecule has 0 radical (unpaired) electrons. The maximum absolute atomic E-state index is 12.0. The Morgan fingerprint density at radius 3 is 2.48 bits per heavy atom. The van der Waals surface area contributed by atoms with Crippen LogP contribution in [0.3, 0.4) is 0 Å². The maximum Gasteiger partial charge on any atom is 0.226 e. The highest BCUT2D eigenvalue weighted by Crippen LogP contribution is 2.37. The average molecular weight is 331 g/mol. The van der Waals surface area contributed by atoms with E-state index in [9.17, 15) is 9.59 Å². The van der Waals surface area contributed by atoms with Crippen LogP contribution in [0, 0.1) is 0 Å². The second kappa shape index (κ2) is 7.04. The van der Waals surface area contributed by atoms with E-state index in [0.717, 1.165) is 5.56 Å². The molecule has 0 amide bonds. The zero-order valence-corrected chi connectivity index (χ0v) is 13.0. The third-order valence-electron chi connectivity index (χ3n) is 3.79. The van der Waals surface area contributed by atoms with Crippen LogP contribution in [0.5, 0.6) is 0 Å². The van der Waals surface area contributed by atoms with Crippen molar-refractivity contribution in [2.45, 2.75) is 18.3 Å². The zero-order valence-electron chi connectivity index (χ0n) is 12.2. The van der Waals surface area contributed by atoms with E-state index in [1.54, 1.807) is 24.3 Å². The lowest BCUT2D eigenvalue weighted by atomic mass is 9.98. The fourth-order valence-corrected chi connectivity index (χ4v) is 2.89. The van der Waals surface area contributed by atoms with Crippen molar-refractivity contribution in [1.82, 2.24) is 0 Å². The third kappa shape index (κ3) is 3.34. The van der Waals surface area contributed by atoms with Crippen LogP contribution in [-0.4, -0.2) is 24.8 Å². The summed E-state index contributed by atoms with van der Waals surface area (Å²) in [6, 6.07) is 16.5. The number of hydrogen-bond acceptors (Lipinski definition) is 4. The fraction of sp³-hybridized carbons (Fsp3) is 0.222. The fourth-order valence-electron chi connectivity index (χ4n) is 2.65. The van der Waals surface area contributed by atoms with Gasteiger partial charge in [-0.2, -0.15) is 0 Å². The molecule has 0 bridgehead atoms. The molecule has 3 atom stereocenters. The van der Waals surface area contributed by atoms with Gasteiger partial charge in [-0.3, -0.25) is 9.59 Å². The predicted molar refractivity (Wildman–Crippen MR) is 85.3 cm³/mol. The lowest BCUT2D eigenvalue weighted by Gasteiger charge is -2.35. The Bertz CT molecular complexity index is 701. The monoisotopic (exact) mass is 330 g/mol. The summed E-state index contributed by atoms with van der Waals surface area (Å²) in [6.07, 6.45) is -1.83. The average Bonchev–Trinajstić information content (AvgIpc) is 2.62. The molecular formula is C18H15ClO4. The van der Waals surface area contributed by atoms with Crippen LogP contribution < -0.4 is 0 Å². The first kappa shape index (κ1) is 15.9. The van der Waals surface area contributed by atoms with Gasteiger partial charge in [0, 0.05) is 10.6 Å². The van der Waals surface area contributed by atoms with Gasteiger partial charge in [-0.05, 0) is 11.6 Å². The minimum Gasteiger partial charge on any atom is -0.367 e. The molecule has 1 heterocycles. The molecule has 1 fully saturated rings. The van der Waals surface area contributed by atoms with Crippen molar-refractivity contribution in [1.29, 1.82) is 0 Å². The van der Waals surface area contributed by atoms with Crippen LogP contribution in [0.2, 0.25) is 5.02 Å². The number of halogens is 1. The smallest absolute Gasteiger partial charge is 0.226 e. The Balaban J connectivity index is 1.89. The topological polar surface area (TPSA) is 52.6 Å². The van der Waals surface area contributed by atoms with Gasteiger partial charge in [0.05, 0.1) is 6.61 Å². The molecule has 0 saturated carbocycles. The van der Waals surface area contributed by atoms with E-state index in [2.05, 4.69) is 0 Å². The molecule has 2 aromatic rings. The summed E-state index contributed by atoms with van der Waals surface area (Å²) >= 11 is 6.19. The summed E-state index contributed by atoms with van der Waals surface area (Å²) in [5, 5.41) is 0.475. The predicted octanol–water partition coefficient (Wildman–Crippen LogP) is 3.31. The van der Waals surface area contributed by atoms with Crippen LogP contribution in [0.25, 0.3) is 0 Å². The van der Waals surface area contributed by atoms with E-state index < -0.39 is 24.1 Å². The Labute approximate surface area is 139 Å². The van der Waals surface area contributed by atoms with Gasteiger partial charge in [0.15, 0.2) is 12.4 Å². The minimum absolute atomic E-state index is 0.269. The molecule has 3 rings (SSSR count). The van der Waals surface area contributed by atoms with Gasteiger partial charge in [0.1, 0.15) is 12.2 Å². The lowest BCUT2D eigenvalue weighted by Crippen LogP contribution is -2.40. The standard InChI is InChI=1S/C18H15ClO4/c19-14-9-5-4-8-13(14)17-18(15(21)10-20)23-16(11-22-17)12-6-2-1-3-7-12/h1-10,16-18H,11H2. The first-order valence-electron chi connectivity index (χ1n) is 7.26. The number of hydrogen-bond donors (Lipinski definition) is 0. The van der Waals surface area contributed by atoms with Crippen LogP contribution in [0.4, 0.5) is 0 Å². The summed E-state index contributed by atoms with van der Waals surface area (Å²) in [4.78, 5) is 23.0. The molecule has 0 aromatic heterocycles. The third-order valence-corrected chi connectivity index (χ3v) is 4.14. The summed E-state index contributed by atoms with van der Waals surface area (Å²) in [5.41, 5.74) is 1.54. The molecule has 2 aromatic carbocycles. The minimum atomic E-state index is -1.01. The number of rotatable bonds is 4. The van der Waals surface area contributed by atoms with E-state index >= 15 is 0 Å². The molecule has 23 heavy (non-hydrogen) atoms. The van der Waals surface area contributed by atoms with Crippen molar-refractivity contribution < 1.29 is 19.1 Å². The quantitative estimate of drug-likeness (QED) is 0.637. The summed E-state index contributed by atoms with van der Waals surface area (Å²) < 4.78 is 11.7. The molecule has 4 nitrogen and oxygen atoms in total. The summed E-state index contributed by atoms with van der Waals surface area (Å²) in [5.74, 6) is -0.657. The van der Waals surface area contributed by atoms with Crippen molar-refractivity contribution in [3.8, 4) is 0 Å². The number of carbonyl (C=O) groups is 2. The van der Waals surface area contributed by atoms with Gasteiger partial charge in [0.2, 0.25) is 5.78 Å². The Hall–Kier alpha value is -2.01. The lowest BCUT2D eigenvalue weighted by molar-refractivity contribution is -0.190. The van der Waals surface area contributed by atoms with Crippen molar-refractivity contribution in [2.75, 3.05) is 6.61 Å². The highest BCUT2D eigenvalue weighted by molar-refractivity contribution is 6.31. The summed E-state index contributed by atoms with van der Waals surface area (Å²) in [7, 11) is 0. The molecule has 3 unspecified atom stereocenters. The van der Waals surface area contributed by atoms with E-state index in [-0.39, 0.29) is 12.9 Å². The van der Waals surface area contributed by atoms with Crippen molar-refractivity contribution >= 4 is 23.7 Å². The highest BCUT2D eigenvalue weighted by atomic mass is 35.5. The maximum atomic E-state index is 12.0. The van der Waals surface area contributed by atoms with Gasteiger partial charge in [-0.25, -0.2) is 0 Å². The van der Waals surface area contributed by atoms with Gasteiger partial charge >= 0.3 is 0 Å². The SMILES string of the molecule is O=CC(=O)C1OC(c2ccccc2)COC1c1ccccc1Cl. The second-order valence-electron chi connectivity index (χ2n) is 5.25. The number of aldehydes is 1. The first-order chi connectivity index (χ1) is 11.2. The van der Waals surface area contributed by atoms with E-state index in [0.29, 0.717) is 10.6 Å². The molecule has 0 spiro atoms. The van der Waals surface area contributed by atoms with Crippen LogP contribution in [-0.2, 0) is 19.1 Å². The normalized spacial score (nSPS) is 24.1. The number of ether oxygens (including phenoxy) is 2. The van der Waals surface area contributed by atoms with Gasteiger partial charge in [-0.15, -0.1) is 0 Å². The van der Waals surface area contributed by atoms with Crippen molar-refractivity contribution in [3.63, 3.8) is 0 Å². The molecule has 1 aliphatic rings. The Morgan fingerprint density at radius 1 is 1.09 bits per heavy atom. The highest BCUT2D eigenvalue weighted by Gasteiger charge is 2.39. The van der Waals surface area contributed by atoms with Crippen LogP contribution >= 0.6 is 11.6 Å². The molecule has 0 aliphatic carbocycles. The largest absolute Gasteiger partial charge is 0.367 e. The Morgan fingerprint density at radius 2 is 1.78 bits per heavy atom. The van der Waals surface area contributed by atoms with E-state index in [1.807, 2.05) is 30.3 Å². The molecule has 0 N–H and O–H groups in total. The van der Waals surface area contributed by atoms with Gasteiger partial charge in [0.25, 0.3) is 0 Å². The van der Waals surface area contributed by atoms with Crippen molar-refractivity contribution in [3.05, 3.63) is 70.7 Å². The Kier molecular flexibility index (Phi) is 4.86.